The molecule has 4 aliphatic rings. The minimum Gasteiger partial charge on any atom is -0.497 e. The van der Waals surface area contributed by atoms with E-state index in [0.29, 0.717) is 11.5 Å². The van der Waals surface area contributed by atoms with Gasteiger partial charge in [0.2, 0.25) is 5.95 Å². The quantitative estimate of drug-likeness (QED) is 0.0591. The zero-order valence-electron chi connectivity index (χ0n) is 35.8. The molecule has 0 spiro atoms. The van der Waals surface area contributed by atoms with Gasteiger partial charge in [-0.2, -0.15) is 9.98 Å². The Morgan fingerprint density at radius 2 is 1.60 bits per heavy atom. The zero-order chi connectivity index (χ0) is 43.6. The average Bonchev–Trinajstić information content (AvgIpc) is 4.09. The summed E-state index contributed by atoms with van der Waals surface area (Å²) < 4.78 is 67.2. The molecule has 1 unspecified atom stereocenters. The summed E-state index contributed by atoms with van der Waals surface area (Å²) in [7, 11) is 6.81. The summed E-state index contributed by atoms with van der Waals surface area (Å²) in [6.45, 7) is -2.58. The standard InChI is InChI=1S/C45H53N6O10PS/c1-50-24-10-15-37(50)47-44-48-41-38(42(52)49-44)46-28-51(41)43-40(57-26-25-54-2)39(61-62(53)60-34-13-8-9-14-36(34)63-62)35(59-43)27-58-45(29-11-6-5-7-12-29,30-16-20-32(55-3)21-17-30)31-18-22-33(56-4)23-19-31/h5-7,11-12,16-23,28,34-36,39-40,43H,8-10,13-15,24-27H2,1-4H3,(H,48,49,52)/t34-,35-,36-,39-,40-,43-,62?/m1/s1. The number of H-pyrrole nitrogens is 1. The molecule has 2 aromatic heterocycles. The van der Waals surface area contributed by atoms with Crippen LogP contribution >= 0.6 is 18.2 Å². The first kappa shape index (κ1) is 43.7. The number of benzene rings is 3. The second kappa shape index (κ2) is 18.9. The number of likely N-dealkylation sites (tertiary alicyclic amines) is 1. The van der Waals surface area contributed by atoms with E-state index in [-0.39, 0.29) is 48.3 Å². The van der Waals surface area contributed by atoms with E-state index in [2.05, 4.69) is 9.97 Å². The summed E-state index contributed by atoms with van der Waals surface area (Å²) in [6, 6.07) is 25.4. The molecule has 3 aliphatic heterocycles. The lowest BCUT2D eigenvalue weighted by atomic mass is 9.80. The SMILES string of the molecule is COCCO[C@@H]1[C@H](OP2(=O)O[C@@H]3CCCC[C@H]3S2)[C@@H](COC(c2ccccc2)(c2ccc(OC)cc2)c2ccc(OC)cc2)O[C@H]1n1cnc2c(=O)[nH]c(N=C3CCCN3C)nc21. The fourth-order valence-electron chi connectivity index (χ4n) is 8.99. The van der Waals surface area contributed by atoms with Crippen LogP contribution in [0.25, 0.3) is 11.2 Å². The van der Waals surface area contributed by atoms with Crippen LogP contribution in [0, 0.1) is 0 Å². The van der Waals surface area contributed by atoms with Crippen LogP contribution in [-0.4, -0.2) is 115 Å². The van der Waals surface area contributed by atoms with Crippen LogP contribution in [0.15, 0.2) is 95.0 Å². The first-order valence-electron chi connectivity index (χ1n) is 21.4. The Morgan fingerprint density at radius 3 is 2.25 bits per heavy atom. The maximum Gasteiger partial charge on any atom is 0.390 e. The number of ether oxygens (including phenoxy) is 6. The van der Waals surface area contributed by atoms with Gasteiger partial charge in [0.15, 0.2) is 17.4 Å². The van der Waals surface area contributed by atoms with Crippen molar-refractivity contribution in [2.75, 3.05) is 54.7 Å². The Bertz CT molecular complexity index is 2420. The minimum atomic E-state index is -3.76. The summed E-state index contributed by atoms with van der Waals surface area (Å²) >= 11 is 1.27. The molecule has 3 saturated heterocycles. The molecule has 0 bridgehead atoms. The minimum absolute atomic E-state index is 0.0496. The molecule has 63 heavy (non-hydrogen) atoms. The van der Waals surface area contributed by atoms with Crippen molar-refractivity contribution in [1.29, 1.82) is 0 Å². The second-order valence-electron chi connectivity index (χ2n) is 16.1. The number of aromatic nitrogens is 4. The van der Waals surface area contributed by atoms with Gasteiger partial charge in [0.05, 0.1) is 46.5 Å². The fraction of sp³-hybridized carbons (Fsp3) is 0.467. The molecule has 5 aromatic rings. The Balaban J connectivity index is 1.15. The molecule has 3 aromatic carbocycles. The van der Waals surface area contributed by atoms with Gasteiger partial charge in [0.25, 0.3) is 5.56 Å². The Labute approximate surface area is 369 Å². The molecule has 18 heteroatoms. The summed E-state index contributed by atoms with van der Waals surface area (Å²) in [5.41, 5.74) is 1.16. The third-order valence-electron chi connectivity index (χ3n) is 12.2. The second-order valence-corrected chi connectivity index (χ2v) is 20.2. The normalized spacial score (nSPS) is 26.7. The van der Waals surface area contributed by atoms with Crippen LogP contribution in [0.3, 0.4) is 0 Å². The summed E-state index contributed by atoms with van der Waals surface area (Å²) in [5, 5.41) is 0.0496. The lowest BCUT2D eigenvalue weighted by Crippen LogP contribution is -2.41. The van der Waals surface area contributed by atoms with Crippen molar-refractivity contribution in [3.63, 3.8) is 0 Å². The largest absolute Gasteiger partial charge is 0.497 e. The van der Waals surface area contributed by atoms with E-state index in [4.69, 9.17) is 47.4 Å². The van der Waals surface area contributed by atoms with Gasteiger partial charge in [-0.15, -0.1) is 0 Å². The van der Waals surface area contributed by atoms with Crippen molar-refractivity contribution in [1.82, 2.24) is 24.4 Å². The molecular formula is C45H53N6O10PS. The number of amidine groups is 1. The van der Waals surface area contributed by atoms with Crippen molar-refractivity contribution < 1.29 is 42.0 Å². The average molecular weight is 901 g/mol. The molecule has 334 valence electrons. The van der Waals surface area contributed by atoms with Gasteiger partial charge in [-0.25, -0.2) is 9.55 Å². The summed E-state index contributed by atoms with van der Waals surface area (Å²) in [4.78, 5) is 32.4. The van der Waals surface area contributed by atoms with Crippen molar-refractivity contribution in [2.24, 2.45) is 4.99 Å². The monoisotopic (exact) mass is 900 g/mol. The number of aliphatic imine (C=N–C) groups is 1. The van der Waals surface area contributed by atoms with E-state index in [1.165, 1.54) is 17.7 Å². The van der Waals surface area contributed by atoms with E-state index in [9.17, 15) is 9.36 Å². The predicted molar refractivity (Wildman–Crippen MR) is 238 cm³/mol. The highest BCUT2D eigenvalue weighted by molar-refractivity contribution is 8.55. The highest BCUT2D eigenvalue weighted by Gasteiger charge is 2.55. The first-order chi connectivity index (χ1) is 30.7. The predicted octanol–water partition coefficient (Wildman–Crippen LogP) is 7.40. The Morgan fingerprint density at radius 1 is 0.905 bits per heavy atom. The van der Waals surface area contributed by atoms with Crippen LogP contribution in [0.5, 0.6) is 11.5 Å². The van der Waals surface area contributed by atoms with Gasteiger partial charge in [-0.1, -0.05) is 67.4 Å². The zero-order valence-corrected chi connectivity index (χ0v) is 37.5. The van der Waals surface area contributed by atoms with Crippen LogP contribution in [0.4, 0.5) is 5.95 Å². The highest BCUT2D eigenvalue weighted by Crippen LogP contribution is 2.72. The van der Waals surface area contributed by atoms with Crippen LogP contribution in [0.1, 0.15) is 61.4 Å². The number of aromatic amines is 1. The van der Waals surface area contributed by atoms with E-state index in [0.717, 1.165) is 67.6 Å². The van der Waals surface area contributed by atoms with Crippen LogP contribution < -0.4 is 15.0 Å². The summed E-state index contributed by atoms with van der Waals surface area (Å²) in [6.07, 6.45) is 2.95. The van der Waals surface area contributed by atoms with E-state index < -0.39 is 42.5 Å². The molecular weight excluding hydrogens is 848 g/mol. The summed E-state index contributed by atoms with van der Waals surface area (Å²) in [5.74, 6) is 2.34. The maximum absolute atomic E-state index is 14.9. The van der Waals surface area contributed by atoms with Crippen molar-refractivity contribution in [2.45, 2.75) is 80.0 Å². The van der Waals surface area contributed by atoms with E-state index in [1.807, 2.05) is 90.8 Å². The van der Waals surface area contributed by atoms with Crippen molar-refractivity contribution >= 4 is 41.1 Å². The van der Waals surface area contributed by atoms with Gasteiger partial charge in [0.1, 0.15) is 41.2 Å². The maximum atomic E-state index is 14.9. The number of hydrogen-bond acceptors (Lipinski definition) is 14. The number of nitrogens with one attached hydrogen (secondary N) is 1. The fourth-order valence-corrected chi connectivity index (χ4v) is 13.9. The lowest BCUT2D eigenvalue weighted by molar-refractivity contribution is -0.0966. The van der Waals surface area contributed by atoms with Gasteiger partial charge >= 0.3 is 6.80 Å². The molecule has 5 heterocycles. The topological polar surface area (TPSA) is 170 Å². The molecule has 9 rings (SSSR count). The molecule has 1 N–H and O–H groups in total. The number of hydrogen-bond donors (Lipinski definition) is 1. The first-order valence-corrected chi connectivity index (χ1v) is 24.4. The smallest absolute Gasteiger partial charge is 0.390 e. The molecule has 7 atom stereocenters. The number of nitrogens with zero attached hydrogens (tertiary/aromatic N) is 5. The van der Waals surface area contributed by atoms with Crippen molar-refractivity contribution in [3.05, 3.63) is 112 Å². The molecule has 1 aliphatic carbocycles. The van der Waals surface area contributed by atoms with Crippen LogP contribution in [-0.2, 0) is 38.2 Å². The number of rotatable bonds is 16. The number of methoxy groups -OCH3 is 3. The third kappa shape index (κ3) is 8.82. The van der Waals surface area contributed by atoms with Gasteiger partial charge in [-0.05, 0) is 71.6 Å². The van der Waals surface area contributed by atoms with E-state index in [1.54, 1.807) is 25.9 Å². The van der Waals surface area contributed by atoms with E-state index >= 15 is 0 Å². The molecule has 16 nitrogen and oxygen atoms in total. The number of fused-ring (bicyclic) bond motifs is 2. The van der Waals surface area contributed by atoms with Crippen molar-refractivity contribution in [3.8, 4) is 11.5 Å². The van der Waals surface area contributed by atoms with Crippen LogP contribution in [0.2, 0.25) is 0 Å². The molecule has 0 radical (unpaired) electrons. The Hall–Kier alpha value is -4.58. The highest BCUT2D eigenvalue weighted by atomic mass is 32.7. The van der Waals surface area contributed by atoms with Gasteiger partial charge < -0.3 is 33.3 Å². The lowest BCUT2D eigenvalue weighted by Gasteiger charge is -2.37. The molecule has 4 fully saturated rings. The third-order valence-corrected chi connectivity index (χ3v) is 16.4. The molecule has 1 saturated carbocycles. The Kier molecular flexibility index (Phi) is 13.1. The van der Waals surface area contributed by atoms with Gasteiger partial charge in [0, 0.05) is 32.4 Å². The molecule has 0 amide bonds. The van der Waals surface area contributed by atoms with Gasteiger partial charge in [-0.3, -0.25) is 23.4 Å². The number of imidazole rings is 1.